The van der Waals surface area contributed by atoms with Crippen molar-refractivity contribution < 1.29 is 13.2 Å². The highest BCUT2D eigenvalue weighted by Gasteiger charge is 2.35. The molecular weight excluding hydrogens is 447 g/mol. The molecular formula is C26H26F3NS2. The third-order valence-corrected chi connectivity index (χ3v) is 7.82. The number of pyridine rings is 1. The van der Waals surface area contributed by atoms with Crippen LogP contribution in [0.25, 0.3) is 31.1 Å². The fourth-order valence-electron chi connectivity index (χ4n) is 4.22. The van der Waals surface area contributed by atoms with Gasteiger partial charge in [-0.2, -0.15) is 13.2 Å². The molecule has 0 spiro atoms. The average molecular weight is 474 g/mol. The van der Waals surface area contributed by atoms with Gasteiger partial charge >= 0.3 is 6.18 Å². The highest BCUT2D eigenvalue weighted by Crippen LogP contribution is 2.48. The van der Waals surface area contributed by atoms with Crippen molar-refractivity contribution in [1.29, 1.82) is 0 Å². The van der Waals surface area contributed by atoms with E-state index in [1.54, 1.807) is 18.3 Å². The van der Waals surface area contributed by atoms with E-state index in [2.05, 4.69) is 43.3 Å². The first-order valence-electron chi connectivity index (χ1n) is 10.5. The number of nitrogens with zero attached hydrogens (tertiary/aromatic N) is 1. The standard InChI is InChI=1S/C26H26F3NS2/c1-14-7-15(2)9-18(8-14)22-24-21(19(12-30-22)26(27,28)29)16(3)23(32-24)20-10-17(13-31-20)11-25(4,5)6/h7-10,12-13H,11H2,1-6H3. The van der Waals surface area contributed by atoms with E-state index >= 15 is 0 Å². The van der Waals surface area contributed by atoms with E-state index in [9.17, 15) is 13.2 Å². The van der Waals surface area contributed by atoms with Crippen molar-refractivity contribution in [2.24, 2.45) is 5.41 Å². The second-order valence-electron chi connectivity index (χ2n) is 9.71. The number of alkyl halides is 3. The van der Waals surface area contributed by atoms with Gasteiger partial charge in [0.1, 0.15) is 0 Å². The van der Waals surface area contributed by atoms with Gasteiger partial charge in [0, 0.05) is 26.9 Å². The van der Waals surface area contributed by atoms with E-state index in [1.165, 1.54) is 16.9 Å². The molecule has 168 valence electrons. The van der Waals surface area contributed by atoms with Crippen molar-refractivity contribution in [3.05, 3.63) is 63.7 Å². The Bertz CT molecular complexity index is 1280. The van der Waals surface area contributed by atoms with Gasteiger partial charge in [-0.3, -0.25) is 4.98 Å². The predicted octanol–water partition coefficient (Wildman–Crippen LogP) is 9.22. The zero-order valence-electron chi connectivity index (χ0n) is 19.1. The molecule has 1 nitrogen and oxygen atoms in total. The highest BCUT2D eigenvalue weighted by molar-refractivity contribution is 7.26. The molecule has 0 saturated heterocycles. The molecule has 4 rings (SSSR count). The molecule has 0 aliphatic heterocycles. The van der Waals surface area contributed by atoms with Crippen molar-refractivity contribution in [3.8, 4) is 21.0 Å². The van der Waals surface area contributed by atoms with E-state index < -0.39 is 11.7 Å². The average Bonchev–Trinajstić information content (AvgIpc) is 3.22. The molecule has 0 aliphatic rings. The van der Waals surface area contributed by atoms with E-state index in [4.69, 9.17) is 0 Å². The van der Waals surface area contributed by atoms with Crippen LogP contribution >= 0.6 is 22.7 Å². The summed E-state index contributed by atoms with van der Waals surface area (Å²) >= 11 is 3.02. The van der Waals surface area contributed by atoms with E-state index in [0.29, 0.717) is 16.0 Å². The monoisotopic (exact) mass is 473 g/mol. The molecule has 0 bridgehead atoms. The van der Waals surface area contributed by atoms with Crippen molar-refractivity contribution in [3.63, 3.8) is 0 Å². The Balaban J connectivity index is 1.96. The minimum atomic E-state index is -4.46. The fourth-order valence-corrected chi connectivity index (χ4v) is 6.65. The van der Waals surface area contributed by atoms with Gasteiger partial charge in [-0.15, -0.1) is 22.7 Å². The van der Waals surface area contributed by atoms with Crippen LogP contribution in [-0.2, 0) is 12.6 Å². The summed E-state index contributed by atoms with van der Waals surface area (Å²) in [6.07, 6.45) is -2.53. The smallest absolute Gasteiger partial charge is 0.254 e. The lowest BCUT2D eigenvalue weighted by atomic mass is 9.89. The van der Waals surface area contributed by atoms with Crippen LogP contribution in [0.3, 0.4) is 0 Å². The van der Waals surface area contributed by atoms with Crippen molar-refractivity contribution in [2.45, 2.75) is 54.1 Å². The summed E-state index contributed by atoms with van der Waals surface area (Å²) in [6, 6.07) is 8.16. The largest absolute Gasteiger partial charge is 0.418 e. The Morgan fingerprint density at radius 1 is 0.938 bits per heavy atom. The fraction of sp³-hybridized carbons (Fsp3) is 0.346. The lowest BCUT2D eigenvalue weighted by Crippen LogP contribution is -2.08. The number of halogens is 3. The molecule has 0 amide bonds. The molecule has 0 radical (unpaired) electrons. The van der Waals surface area contributed by atoms with Crippen molar-refractivity contribution in [2.75, 3.05) is 0 Å². The van der Waals surface area contributed by atoms with Gasteiger partial charge in [0.2, 0.25) is 0 Å². The van der Waals surface area contributed by atoms with Crippen LogP contribution in [0.2, 0.25) is 0 Å². The zero-order chi connectivity index (χ0) is 23.4. The maximum Gasteiger partial charge on any atom is 0.418 e. The molecule has 0 fully saturated rings. The summed E-state index contributed by atoms with van der Waals surface area (Å²) in [5.74, 6) is 0. The molecule has 0 aliphatic carbocycles. The molecule has 6 heteroatoms. The lowest BCUT2D eigenvalue weighted by molar-refractivity contribution is -0.136. The molecule has 0 N–H and O–H groups in total. The number of hydrogen-bond donors (Lipinski definition) is 0. The SMILES string of the molecule is Cc1cc(C)cc(-c2ncc(C(F)(F)F)c3c(C)c(-c4cc(CC(C)(C)C)cs4)sc23)c1. The number of rotatable bonds is 3. The Labute approximate surface area is 195 Å². The van der Waals surface area contributed by atoms with Gasteiger partial charge < -0.3 is 0 Å². The summed E-state index contributed by atoms with van der Waals surface area (Å²) in [5, 5.41) is 2.39. The molecule has 0 saturated carbocycles. The van der Waals surface area contributed by atoms with Gasteiger partial charge in [-0.05, 0) is 67.3 Å². The van der Waals surface area contributed by atoms with Crippen LogP contribution in [-0.4, -0.2) is 4.98 Å². The van der Waals surface area contributed by atoms with Gasteiger partial charge in [0.15, 0.2) is 0 Å². The van der Waals surface area contributed by atoms with Crippen LogP contribution in [0.4, 0.5) is 13.2 Å². The Morgan fingerprint density at radius 2 is 1.59 bits per heavy atom. The predicted molar refractivity (Wildman–Crippen MR) is 131 cm³/mol. The highest BCUT2D eigenvalue weighted by atomic mass is 32.1. The third kappa shape index (κ3) is 4.48. The van der Waals surface area contributed by atoms with E-state index in [1.807, 2.05) is 26.0 Å². The van der Waals surface area contributed by atoms with Gasteiger partial charge in [0.05, 0.1) is 16.0 Å². The molecule has 1 aromatic carbocycles. The topological polar surface area (TPSA) is 12.9 Å². The molecule has 32 heavy (non-hydrogen) atoms. The van der Waals surface area contributed by atoms with Crippen LogP contribution in [0, 0.1) is 26.2 Å². The Hall–Kier alpha value is -2.18. The minimum Gasteiger partial charge on any atom is -0.254 e. The van der Waals surface area contributed by atoms with Crippen molar-refractivity contribution in [1.82, 2.24) is 4.98 Å². The number of thiophene rings is 2. The summed E-state index contributed by atoms with van der Waals surface area (Å²) in [5.41, 5.74) is 4.98. The summed E-state index contributed by atoms with van der Waals surface area (Å²) in [6.45, 7) is 12.3. The summed E-state index contributed by atoms with van der Waals surface area (Å²) < 4.78 is 42.4. The minimum absolute atomic E-state index is 0.150. The van der Waals surface area contributed by atoms with E-state index in [-0.39, 0.29) is 10.8 Å². The second-order valence-corrected chi connectivity index (χ2v) is 11.6. The number of fused-ring (bicyclic) bond motifs is 1. The number of aromatic nitrogens is 1. The number of aryl methyl sites for hydroxylation is 3. The summed E-state index contributed by atoms with van der Waals surface area (Å²) in [4.78, 5) is 6.24. The van der Waals surface area contributed by atoms with Gasteiger partial charge in [-0.1, -0.05) is 38.0 Å². The first-order chi connectivity index (χ1) is 14.8. The maximum absolute atomic E-state index is 13.9. The molecule has 0 unspecified atom stereocenters. The third-order valence-electron chi connectivity index (χ3n) is 5.37. The van der Waals surface area contributed by atoms with Gasteiger partial charge in [-0.25, -0.2) is 0 Å². The second kappa shape index (κ2) is 7.99. The Kier molecular flexibility index (Phi) is 5.74. The van der Waals surface area contributed by atoms with Crippen molar-refractivity contribution >= 4 is 32.8 Å². The molecule has 3 heterocycles. The van der Waals surface area contributed by atoms with E-state index in [0.717, 1.165) is 39.1 Å². The molecule has 4 aromatic rings. The summed E-state index contributed by atoms with van der Waals surface area (Å²) in [7, 11) is 0. The first kappa shape index (κ1) is 23.0. The van der Waals surface area contributed by atoms with Crippen LogP contribution in [0.1, 0.15) is 48.6 Å². The number of hydrogen-bond acceptors (Lipinski definition) is 3. The van der Waals surface area contributed by atoms with Crippen LogP contribution in [0.5, 0.6) is 0 Å². The zero-order valence-corrected chi connectivity index (χ0v) is 20.7. The Morgan fingerprint density at radius 3 is 2.19 bits per heavy atom. The van der Waals surface area contributed by atoms with Crippen LogP contribution in [0.15, 0.2) is 35.8 Å². The first-order valence-corrected chi connectivity index (χ1v) is 12.2. The molecule has 3 aromatic heterocycles. The number of benzene rings is 1. The lowest BCUT2D eigenvalue weighted by Gasteiger charge is -2.16. The normalized spacial score (nSPS) is 12.7. The molecule has 0 atom stereocenters. The maximum atomic E-state index is 13.9. The van der Waals surface area contributed by atoms with Gasteiger partial charge in [0.25, 0.3) is 0 Å². The van der Waals surface area contributed by atoms with Crippen LogP contribution < -0.4 is 0 Å². The quantitative estimate of drug-likeness (QED) is 0.289.